The molecule has 0 amide bonds. The van der Waals surface area contributed by atoms with Crippen LogP contribution in [-0.2, 0) is 6.61 Å². The number of thioether (sulfide) groups is 1. The van der Waals surface area contributed by atoms with E-state index in [1.165, 1.54) is 0 Å². The first-order valence-corrected chi connectivity index (χ1v) is 11.4. The van der Waals surface area contributed by atoms with Crippen LogP contribution in [0.5, 0.6) is 5.75 Å². The number of rotatable bonds is 6. The molecule has 0 aliphatic carbocycles. The van der Waals surface area contributed by atoms with Crippen LogP contribution in [0.2, 0.25) is 0 Å². The summed E-state index contributed by atoms with van der Waals surface area (Å²) in [4.78, 5) is 23.1. The monoisotopic (exact) mass is 445 g/mol. The molecule has 3 atom stereocenters. The molecule has 2 aliphatic heterocycles. The van der Waals surface area contributed by atoms with Gasteiger partial charge in [-0.15, -0.1) is 0 Å². The van der Waals surface area contributed by atoms with Crippen LogP contribution in [0.4, 0.5) is 0 Å². The molecule has 0 radical (unpaired) electrons. The van der Waals surface area contributed by atoms with Crippen LogP contribution in [0.25, 0.3) is 0 Å². The Morgan fingerprint density at radius 3 is 2.66 bits per heavy atom. The van der Waals surface area contributed by atoms with Gasteiger partial charge in [0.15, 0.2) is 5.17 Å². The summed E-state index contributed by atoms with van der Waals surface area (Å²) in [6.07, 6.45) is 1.81. The Labute approximate surface area is 191 Å². The standard InChI is InChI=1S/C25H23N3O3S/c1-16-14-28-23(22(27-25(28)32-16)20-7-4-5-13-26-20)19-6-2-3-8-21(19)31-15-17-9-11-18(12-10-17)24(29)30/h2-13,16,22-23H,14-15H2,1H3,(H,29,30)/t16-,22-,23-/m1/s1. The van der Waals surface area contributed by atoms with Crippen LogP contribution < -0.4 is 4.74 Å². The number of aromatic nitrogens is 1. The first-order chi connectivity index (χ1) is 15.6. The van der Waals surface area contributed by atoms with Crippen LogP contribution in [0.1, 0.15) is 46.2 Å². The summed E-state index contributed by atoms with van der Waals surface area (Å²) in [5, 5.41) is 10.7. The highest BCUT2D eigenvalue weighted by Crippen LogP contribution is 2.49. The maximum Gasteiger partial charge on any atom is 0.335 e. The van der Waals surface area contributed by atoms with Crippen molar-refractivity contribution in [2.45, 2.75) is 30.9 Å². The Balaban J connectivity index is 1.44. The number of carboxylic acid groups (broad SMARTS) is 1. The number of para-hydroxylation sites is 1. The number of carboxylic acids is 1. The van der Waals surface area contributed by atoms with E-state index in [0.717, 1.165) is 34.3 Å². The third kappa shape index (κ3) is 3.96. The number of aliphatic imine (C=N–C) groups is 1. The van der Waals surface area contributed by atoms with Gasteiger partial charge < -0.3 is 14.7 Å². The summed E-state index contributed by atoms with van der Waals surface area (Å²) in [5.74, 6) is -0.125. The minimum atomic E-state index is -0.932. The minimum absolute atomic E-state index is 0.0166. The van der Waals surface area contributed by atoms with Gasteiger partial charge in [0.25, 0.3) is 0 Å². The molecule has 3 heterocycles. The lowest BCUT2D eigenvalue weighted by molar-refractivity contribution is 0.0697. The number of aromatic carboxylic acids is 1. The number of fused-ring (bicyclic) bond motifs is 1. The molecule has 1 N–H and O–H groups in total. The lowest BCUT2D eigenvalue weighted by Crippen LogP contribution is -2.29. The van der Waals surface area contributed by atoms with E-state index in [2.05, 4.69) is 22.9 Å². The number of nitrogens with zero attached hydrogens (tertiary/aromatic N) is 3. The molecule has 2 aliphatic rings. The predicted molar refractivity (Wildman–Crippen MR) is 125 cm³/mol. The molecule has 0 unspecified atom stereocenters. The second kappa shape index (κ2) is 8.67. The second-order valence-electron chi connectivity index (χ2n) is 7.97. The van der Waals surface area contributed by atoms with Crippen LogP contribution in [0.3, 0.4) is 0 Å². The van der Waals surface area contributed by atoms with E-state index >= 15 is 0 Å². The maximum absolute atomic E-state index is 11.1. The highest BCUT2D eigenvalue weighted by Gasteiger charge is 2.44. The molecule has 7 heteroatoms. The van der Waals surface area contributed by atoms with Gasteiger partial charge in [0, 0.05) is 23.6 Å². The summed E-state index contributed by atoms with van der Waals surface area (Å²) in [6, 6.07) is 20.8. The number of hydrogen-bond donors (Lipinski definition) is 1. The second-order valence-corrected chi connectivity index (χ2v) is 9.37. The van der Waals surface area contributed by atoms with Gasteiger partial charge in [-0.1, -0.05) is 55.1 Å². The Kier molecular flexibility index (Phi) is 5.57. The molecule has 0 saturated carbocycles. The van der Waals surface area contributed by atoms with Gasteiger partial charge in [0.05, 0.1) is 17.3 Å². The molecular weight excluding hydrogens is 422 g/mol. The molecule has 0 bridgehead atoms. The molecular formula is C25H23N3O3S. The van der Waals surface area contributed by atoms with Gasteiger partial charge in [-0.3, -0.25) is 9.98 Å². The number of carbonyl (C=O) groups is 1. The molecule has 1 fully saturated rings. The lowest BCUT2D eigenvalue weighted by Gasteiger charge is -2.28. The zero-order valence-electron chi connectivity index (χ0n) is 17.6. The average Bonchev–Trinajstić information content (AvgIpc) is 3.34. The van der Waals surface area contributed by atoms with E-state index in [4.69, 9.17) is 14.8 Å². The topological polar surface area (TPSA) is 75.0 Å². The van der Waals surface area contributed by atoms with Crippen LogP contribution >= 0.6 is 11.8 Å². The largest absolute Gasteiger partial charge is 0.489 e. The fourth-order valence-corrected chi connectivity index (χ4v) is 5.31. The van der Waals surface area contributed by atoms with Crippen LogP contribution in [0, 0.1) is 0 Å². The van der Waals surface area contributed by atoms with Gasteiger partial charge >= 0.3 is 5.97 Å². The molecule has 1 aromatic heterocycles. The van der Waals surface area contributed by atoms with Crippen LogP contribution in [-0.4, -0.2) is 37.9 Å². The van der Waals surface area contributed by atoms with Crippen molar-refractivity contribution >= 4 is 22.9 Å². The lowest BCUT2D eigenvalue weighted by atomic mass is 9.95. The highest BCUT2D eigenvalue weighted by atomic mass is 32.2. The maximum atomic E-state index is 11.1. The summed E-state index contributed by atoms with van der Waals surface area (Å²) < 4.78 is 6.24. The van der Waals surface area contributed by atoms with Crippen molar-refractivity contribution in [1.29, 1.82) is 0 Å². The van der Waals surface area contributed by atoms with Gasteiger partial charge in [0.2, 0.25) is 0 Å². The predicted octanol–water partition coefficient (Wildman–Crippen LogP) is 4.95. The van der Waals surface area contributed by atoms with Crippen molar-refractivity contribution < 1.29 is 14.6 Å². The number of ether oxygens (including phenoxy) is 1. The van der Waals surface area contributed by atoms with Gasteiger partial charge in [-0.2, -0.15) is 0 Å². The molecule has 3 aromatic rings. The zero-order valence-corrected chi connectivity index (χ0v) is 18.4. The SMILES string of the molecule is C[C@@H]1CN2C(=N[C@H](c3ccccn3)[C@H]2c2ccccc2OCc2ccc(C(=O)O)cc2)S1. The number of amidine groups is 1. The molecule has 32 heavy (non-hydrogen) atoms. The van der Waals surface area contributed by atoms with E-state index in [-0.39, 0.29) is 17.6 Å². The van der Waals surface area contributed by atoms with E-state index in [0.29, 0.717) is 11.9 Å². The quantitative estimate of drug-likeness (QED) is 0.579. The normalized spacial score (nSPS) is 21.8. The summed E-state index contributed by atoms with van der Waals surface area (Å²) >= 11 is 1.81. The van der Waals surface area contributed by atoms with Gasteiger partial charge in [-0.05, 0) is 35.9 Å². The fourth-order valence-electron chi connectivity index (χ4n) is 4.21. The Hall–Kier alpha value is -3.32. The molecule has 2 aromatic carbocycles. The van der Waals surface area contributed by atoms with Crippen molar-refractivity contribution in [1.82, 2.24) is 9.88 Å². The number of benzene rings is 2. The molecule has 5 rings (SSSR count). The fraction of sp³-hybridized carbons (Fsp3) is 0.240. The zero-order chi connectivity index (χ0) is 22.1. The van der Waals surface area contributed by atoms with Crippen molar-refractivity contribution in [3.8, 4) is 5.75 Å². The summed E-state index contributed by atoms with van der Waals surface area (Å²) in [5.41, 5.74) is 3.22. The molecule has 162 valence electrons. The average molecular weight is 446 g/mol. The van der Waals surface area contributed by atoms with E-state index in [1.807, 2.05) is 54.4 Å². The summed E-state index contributed by atoms with van der Waals surface area (Å²) in [6.45, 7) is 3.51. The highest BCUT2D eigenvalue weighted by molar-refractivity contribution is 8.14. The minimum Gasteiger partial charge on any atom is -0.489 e. The Morgan fingerprint density at radius 1 is 1.12 bits per heavy atom. The third-order valence-corrected chi connectivity index (χ3v) is 6.82. The van der Waals surface area contributed by atoms with Gasteiger partial charge in [-0.25, -0.2) is 4.79 Å². The summed E-state index contributed by atoms with van der Waals surface area (Å²) in [7, 11) is 0. The molecule has 1 saturated heterocycles. The smallest absolute Gasteiger partial charge is 0.335 e. The van der Waals surface area contributed by atoms with E-state index in [9.17, 15) is 4.79 Å². The number of hydrogen-bond acceptors (Lipinski definition) is 6. The van der Waals surface area contributed by atoms with Crippen LogP contribution in [0.15, 0.2) is 77.9 Å². The first kappa shape index (κ1) is 20.6. The van der Waals surface area contributed by atoms with Crippen molar-refractivity contribution in [2.24, 2.45) is 4.99 Å². The van der Waals surface area contributed by atoms with E-state index < -0.39 is 5.97 Å². The number of pyridine rings is 1. The van der Waals surface area contributed by atoms with Crippen molar-refractivity contribution in [3.05, 3.63) is 95.3 Å². The van der Waals surface area contributed by atoms with E-state index in [1.54, 1.807) is 24.3 Å². The Morgan fingerprint density at radius 2 is 1.91 bits per heavy atom. The van der Waals surface area contributed by atoms with Crippen molar-refractivity contribution in [2.75, 3.05) is 6.54 Å². The first-order valence-electron chi connectivity index (χ1n) is 10.6. The molecule has 0 spiro atoms. The third-order valence-electron chi connectivity index (χ3n) is 5.71. The van der Waals surface area contributed by atoms with Crippen molar-refractivity contribution in [3.63, 3.8) is 0 Å². The Bertz CT molecular complexity index is 1150. The van der Waals surface area contributed by atoms with Gasteiger partial charge in [0.1, 0.15) is 18.4 Å². The molecule has 6 nitrogen and oxygen atoms in total.